The summed E-state index contributed by atoms with van der Waals surface area (Å²) >= 11 is 0. The van der Waals surface area contributed by atoms with Gasteiger partial charge in [-0.15, -0.1) is 0 Å². The largest absolute Gasteiger partial charge is 0.302 e. The molecule has 1 atom stereocenters. The highest BCUT2D eigenvalue weighted by Crippen LogP contribution is 2.33. The Bertz CT molecular complexity index is 742. The minimum atomic E-state index is 0.717. The highest BCUT2D eigenvalue weighted by molar-refractivity contribution is 5.70. The maximum Gasteiger partial charge on any atom is 0.00504 e. The van der Waals surface area contributed by atoms with Crippen LogP contribution in [-0.4, -0.2) is 24.5 Å². The van der Waals surface area contributed by atoms with Crippen LogP contribution in [0.5, 0.6) is 0 Å². The molecule has 2 aromatic carbocycles. The molecular weight excluding hydrogens is 314 g/mol. The predicted molar refractivity (Wildman–Crippen MR) is 112 cm³/mol. The molecule has 0 spiro atoms. The van der Waals surface area contributed by atoms with Gasteiger partial charge in [0.15, 0.2) is 0 Å². The summed E-state index contributed by atoms with van der Waals surface area (Å²) < 4.78 is 0. The lowest BCUT2D eigenvalue weighted by Gasteiger charge is -2.34. The molecule has 2 aromatic rings. The van der Waals surface area contributed by atoms with Gasteiger partial charge in [0.05, 0.1) is 0 Å². The molecule has 0 bridgehead atoms. The first-order valence-corrected chi connectivity index (χ1v) is 10.6. The Labute approximate surface area is 159 Å². The van der Waals surface area contributed by atoms with E-state index in [9.17, 15) is 0 Å². The molecule has 1 saturated carbocycles. The second-order valence-electron chi connectivity index (χ2n) is 8.64. The van der Waals surface area contributed by atoms with E-state index in [2.05, 4.69) is 61.2 Å². The van der Waals surface area contributed by atoms with Crippen LogP contribution in [0.2, 0.25) is 0 Å². The summed E-state index contributed by atoms with van der Waals surface area (Å²) in [6, 6.07) is 16.0. The highest BCUT2D eigenvalue weighted by Gasteiger charge is 2.25. The van der Waals surface area contributed by atoms with Crippen molar-refractivity contribution in [3.63, 3.8) is 0 Å². The molecular formula is C25H33N. The van der Waals surface area contributed by atoms with Crippen molar-refractivity contribution in [2.24, 2.45) is 5.92 Å². The van der Waals surface area contributed by atoms with Crippen molar-refractivity contribution in [3.05, 3.63) is 59.2 Å². The van der Waals surface area contributed by atoms with Crippen LogP contribution < -0.4 is 0 Å². The van der Waals surface area contributed by atoms with Crippen LogP contribution in [0.15, 0.2) is 42.5 Å². The molecule has 0 radical (unpaired) electrons. The number of hydrogen-bond donors (Lipinski definition) is 0. The van der Waals surface area contributed by atoms with Crippen LogP contribution in [0.1, 0.15) is 61.1 Å². The standard InChI is InChI=1S/C25H33N/c1-19-8-3-6-12-24(19)25-14-13-22(16-20(25)2)23-11-7-15-26(18-23)17-21-9-4-5-10-21/h3,6,8,12-14,16,21,23H,4-5,7,9-11,15,17-18H2,1-2H3/t23-/m1/s1. The number of benzene rings is 2. The molecule has 1 heteroatoms. The molecule has 1 heterocycles. The quantitative estimate of drug-likeness (QED) is 0.624. The highest BCUT2D eigenvalue weighted by atomic mass is 15.1. The number of hydrogen-bond acceptors (Lipinski definition) is 1. The Hall–Kier alpha value is -1.60. The lowest BCUT2D eigenvalue weighted by molar-refractivity contribution is 0.179. The van der Waals surface area contributed by atoms with Crippen molar-refractivity contribution in [3.8, 4) is 11.1 Å². The van der Waals surface area contributed by atoms with E-state index in [0.29, 0.717) is 0 Å². The Morgan fingerprint density at radius 1 is 0.846 bits per heavy atom. The van der Waals surface area contributed by atoms with E-state index >= 15 is 0 Å². The van der Waals surface area contributed by atoms with Gasteiger partial charge in [0, 0.05) is 13.1 Å². The third-order valence-electron chi connectivity index (χ3n) is 6.65. The van der Waals surface area contributed by atoms with Crippen molar-refractivity contribution in [2.45, 2.75) is 58.3 Å². The van der Waals surface area contributed by atoms with Crippen LogP contribution in [-0.2, 0) is 0 Å². The van der Waals surface area contributed by atoms with Crippen LogP contribution in [0.3, 0.4) is 0 Å². The molecule has 4 rings (SSSR count). The molecule has 1 aliphatic heterocycles. The summed E-state index contributed by atoms with van der Waals surface area (Å²) in [6.45, 7) is 8.42. The Kier molecular flexibility index (Phi) is 5.45. The second kappa shape index (κ2) is 7.96. The first-order chi connectivity index (χ1) is 12.7. The molecule has 0 aromatic heterocycles. The summed E-state index contributed by atoms with van der Waals surface area (Å²) in [4.78, 5) is 2.76. The SMILES string of the molecule is Cc1ccccc1-c1ccc([C@@H]2CCCN(CC3CCCC3)C2)cc1C. The second-order valence-corrected chi connectivity index (χ2v) is 8.64. The normalized spacial score (nSPS) is 22.0. The summed E-state index contributed by atoms with van der Waals surface area (Å²) in [5, 5.41) is 0. The summed E-state index contributed by atoms with van der Waals surface area (Å²) in [6.07, 6.45) is 8.56. The van der Waals surface area contributed by atoms with Crippen molar-refractivity contribution in [1.82, 2.24) is 4.90 Å². The van der Waals surface area contributed by atoms with Gasteiger partial charge in [-0.1, -0.05) is 55.3 Å². The number of aryl methyl sites for hydroxylation is 2. The molecule has 138 valence electrons. The van der Waals surface area contributed by atoms with Gasteiger partial charge in [0.2, 0.25) is 0 Å². The van der Waals surface area contributed by atoms with E-state index in [0.717, 1.165) is 11.8 Å². The molecule has 1 saturated heterocycles. The topological polar surface area (TPSA) is 3.24 Å². The molecule has 0 amide bonds. The van der Waals surface area contributed by atoms with Crippen molar-refractivity contribution in [2.75, 3.05) is 19.6 Å². The number of rotatable bonds is 4. The van der Waals surface area contributed by atoms with E-state index < -0.39 is 0 Å². The number of likely N-dealkylation sites (tertiary alicyclic amines) is 1. The van der Waals surface area contributed by atoms with Crippen LogP contribution in [0, 0.1) is 19.8 Å². The molecule has 0 N–H and O–H groups in total. The van der Waals surface area contributed by atoms with Gasteiger partial charge in [0.25, 0.3) is 0 Å². The lowest BCUT2D eigenvalue weighted by atomic mass is 9.87. The smallest absolute Gasteiger partial charge is 0.00504 e. The van der Waals surface area contributed by atoms with Gasteiger partial charge in [-0.25, -0.2) is 0 Å². The van der Waals surface area contributed by atoms with Crippen molar-refractivity contribution >= 4 is 0 Å². The van der Waals surface area contributed by atoms with Crippen LogP contribution in [0.25, 0.3) is 11.1 Å². The van der Waals surface area contributed by atoms with E-state index in [1.165, 1.54) is 80.4 Å². The fourth-order valence-corrected chi connectivity index (χ4v) is 5.17. The summed E-state index contributed by atoms with van der Waals surface area (Å²) in [5.74, 6) is 1.69. The maximum atomic E-state index is 2.76. The fraction of sp³-hybridized carbons (Fsp3) is 0.520. The minimum absolute atomic E-state index is 0.717. The number of piperidine rings is 1. The molecule has 0 unspecified atom stereocenters. The predicted octanol–water partition coefficient (Wildman–Crippen LogP) is 6.34. The molecule has 1 aliphatic carbocycles. The van der Waals surface area contributed by atoms with Crippen molar-refractivity contribution < 1.29 is 0 Å². The average Bonchev–Trinajstić information content (AvgIpc) is 3.16. The van der Waals surface area contributed by atoms with Crippen LogP contribution >= 0.6 is 0 Å². The zero-order valence-electron chi connectivity index (χ0n) is 16.5. The molecule has 1 nitrogen and oxygen atoms in total. The average molecular weight is 348 g/mol. The van der Waals surface area contributed by atoms with E-state index in [1.54, 1.807) is 5.56 Å². The molecule has 2 fully saturated rings. The first-order valence-electron chi connectivity index (χ1n) is 10.6. The van der Waals surface area contributed by atoms with E-state index in [-0.39, 0.29) is 0 Å². The summed E-state index contributed by atoms with van der Waals surface area (Å²) in [7, 11) is 0. The van der Waals surface area contributed by atoms with Gasteiger partial charge in [0.1, 0.15) is 0 Å². The zero-order chi connectivity index (χ0) is 17.9. The van der Waals surface area contributed by atoms with Gasteiger partial charge in [-0.05, 0) is 85.7 Å². The summed E-state index contributed by atoms with van der Waals surface area (Å²) in [5.41, 5.74) is 7.11. The van der Waals surface area contributed by atoms with E-state index in [4.69, 9.17) is 0 Å². The van der Waals surface area contributed by atoms with Gasteiger partial charge < -0.3 is 4.90 Å². The van der Waals surface area contributed by atoms with Crippen molar-refractivity contribution in [1.29, 1.82) is 0 Å². The minimum Gasteiger partial charge on any atom is -0.302 e. The monoisotopic (exact) mass is 347 g/mol. The third-order valence-corrected chi connectivity index (χ3v) is 6.65. The van der Waals surface area contributed by atoms with Crippen LogP contribution in [0.4, 0.5) is 0 Å². The third kappa shape index (κ3) is 3.88. The maximum absolute atomic E-state index is 2.76. The Morgan fingerprint density at radius 2 is 1.62 bits per heavy atom. The Morgan fingerprint density at radius 3 is 2.38 bits per heavy atom. The zero-order valence-corrected chi connectivity index (χ0v) is 16.5. The molecule has 26 heavy (non-hydrogen) atoms. The lowest BCUT2D eigenvalue weighted by Crippen LogP contribution is -2.37. The van der Waals surface area contributed by atoms with Gasteiger partial charge in [-0.3, -0.25) is 0 Å². The van der Waals surface area contributed by atoms with E-state index in [1.807, 2.05) is 0 Å². The molecule has 2 aliphatic rings. The first kappa shape index (κ1) is 17.8. The number of nitrogens with zero attached hydrogens (tertiary/aromatic N) is 1. The fourth-order valence-electron chi connectivity index (χ4n) is 5.17. The Balaban J connectivity index is 1.49. The van der Waals surface area contributed by atoms with Gasteiger partial charge in [-0.2, -0.15) is 0 Å². The van der Waals surface area contributed by atoms with Gasteiger partial charge >= 0.3 is 0 Å².